The zero-order valence-electron chi connectivity index (χ0n) is 16.2. The van der Waals surface area contributed by atoms with Crippen molar-refractivity contribution >= 4 is 34.6 Å². The van der Waals surface area contributed by atoms with Crippen molar-refractivity contribution in [1.29, 1.82) is 0 Å². The molecule has 2 aromatic rings. The summed E-state index contributed by atoms with van der Waals surface area (Å²) in [4.78, 5) is 28.5. The molecule has 0 aliphatic carbocycles. The van der Waals surface area contributed by atoms with Crippen LogP contribution in [0.3, 0.4) is 0 Å². The van der Waals surface area contributed by atoms with Gasteiger partial charge < -0.3 is 5.10 Å². The van der Waals surface area contributed by atoms with Gasteiger partial charge in [0.15, 0.2) is 11.6 Å². The summed E-state index contributed by atoms with van der Waals surface area (Å²) in [7, 11) is 0. The minimum absolute atomic E-state index is 0.0589. The van der Waals surface area contributed by atoms with E-state index in [4.69, 9.17) is 0 Å². The molecule has 0 saturated carbocycles. The highest BCUT2D eigenvalue weighted by Gasteiger charge is 2.15. The molecule has 0 aliphatic heterocycles. The van der Waals surface area contributed by atoms with Gasteiger partial charge in [-0.15, -0.1) is 11.3 Å². The van der Waals surface area contributed by atoms with Crippen LogP contribution in [0.4, 0.5) is 0 Å². The van der Waals surface area contributed by atoms with Gasteiger partial charge in [0.05, 0.1) is 29.2 Å². The monoisotopic (exact) mass is 383 g/mol. The number of nitrogens with one attached hydrogen (secondary N) is 1. The highest BCUT2D eigenvalue weighted by Crippen LogP contribution is 2.24. The lowest BCUT2D eigenvalue weighted by Crippen LogP contribution is -2.17. The van der Waals surface area contributed by atoms with Gasteiger partial charge in [-0.2, -0.15) is 0 Å². The molecular weight excluding hydrogens is 358 g/mol. The summed E-state index contributed by atoms with van der Waals surface area (Å²) in [6, 6.07) is 0. The predicted molar refractivity (Wildman–Crippen MR) is 112 cm³/mol. The van der Waals surface area contributed by atoms with E-state index in [1.165, 1.54) is 25.2 Å². The van der Waals surface area contributed by atoms with Crippen molar-refractivity contribution in [3.8, 4) is 0 Å². The second-order valence-corrected chi connectivity index (χ2v) is 7.04. The molecule has 0 bridgehead atoms. The third-order valence-electron chi connectivity index (χ3n) is 3.98. The van der Waals surface area contributed by atoms with E-state index < -0.39 is 0 Å². The summed E-state index contributed by atoms with van der Waals surface area (Å²) in [5, 5.41) is 5.80. The molecule has 2 aromatic heterocycles. The molecule has 1 N–H and O–H groups in total. The molecule has 0 amide bonds. The lowest BCUT2D eigenvalue weighted by molar-refractivity contribution is -0.113. The van der Waals surface area contributed by atoms with E-state index in [9.17, 15) is 9.59 Å². The normalized spacial score (nSPS) is 12.7. The van der Waals surface area contributed by atoms with E-state index in [1.807, 2.05) is 42.1 Å². The van der Waals surface area contributed by atoms with Gasteiger partial charge in [-0.05, 0) is 39.3 Å². The molecular formula is C21H25N3O2S. The fourth-order valence-corrected chi connectivity index (χ4v) is 3.50. The van der Waals surface area contributed by atoms with E-state index in [-0.39, 0.29) is 11.6 Å². The Labute approximate surface area is 163 Å². The van der Waals surface area contributed by atoms with Crippen molar-refractivity contribution < 1.29 is 9.59 Å². The standard InChI is InChI=1S/C21H25N3O2S/c1-6-8-10-20-14(3)23-24(20)12-18-13-27-21(22-18)19(16(5)26)11-17(9-7-2)15(4)25/h6,8-11,13,23H,1,7,12H2,2-5H3/b10-8-,17-9+,19-11+. The number of thiazole rings is 1. The molecule has 6 heteroatoms. The highest BCUT2D eigenvalue weighted by molar-refractivity contribution is 7.11. The molecule has 0 aliphatic rings. The summed E-state index contributed by atoms with van der Waals surface area (Å²) in [5.41, 5.74) is 4.03. The van der Waals surface area contributed by atoms with Crippen molar-refractivity contribution in [1.82, 2.24) is 14.8 Å². The average molecular weight is 384 g/mol. The quantitative estimate of drug-likeness (QED) is 0.503. The Morgan fingerprint density at radius 3 is 2.63 bits per heavy atom. The fourth-order valence-electron chi connectivity index (χ4n) is 2.63. The summed E-state index contributed by atoms with van der Waals surface area (Å²) in [6.45, 7) is 11.2. The first-order valence-corrected chi connectivity index (χ1v) is 9.68. The Balaban J connectivity index is 2.29. The van der Waals surface area contributed by atoms with E-state index in [0.717, 1.165) is 23.5 Å². The second-order valence-electron chi connectivity index (χ2n) is 6.19. The third kappa shape index (κ3) is 5.14. The minimum Gasteiger partial charge on any atom is -0.300 e. The first-order chi connectivity index (χ1) is 12.9. The Kier molecular flexibility index (Phi) is 7.07. The molecule has 27 heavy (non-hydrogen) atoms. The van der Waals surface area contributed by atoms with Gasteiger partial charge in [0.1, 0.15) is 5.01 Å². The summed E-state index contributed by atoms with van der Waals surface area (Å²) < 4.78 is 1.99. The summed E-state index contributed by atoms with van der Waals surface area (Å²) >= 11 is 1.41. The molecule has 0 atom stereocenters. The molecule has 0 aromatic carbocycles. The van der Waals surface area contributed by atoms with Crippen LogP contribution in [0.5, 0.6) is 0 Å². The van der Waals surface area contributed by atoms with Crippen molar-refractivity contribution in [3.63, 3.8) is 0 Å². The Hall–Kier alpha value is -2.73. The van der Waals surface area contributed by atoms with Crippen LogP contribution in [0.15, 0.2) is 41.8 Å². The van der Waals surface area contributed by atoms with Gasteiger partial charge in [0.25, 0.3) is 0 Å². The Bertz CT molecular complexity index is 935. The molecule has 0 fully saturated rings. The SMILES string of the molecule is C=C/C=C\c1c(C)[nH]n1Cc1csc(/C(=C/C(=C\CC)C(C)=O)C(C)=O)n1. The molecule has 0 radical (unpaired) electrons. The van der Waals surface area contributed by atoms with Crippen LogP contribution in [0.2, 0.25) is 0 Å². The summed E-state index contributed by atoms with van der Waals surface area (Å²) in [6.07, 6.45) is 9.82. The van der Waals surface area contributed by atoms with Gasteiger partial charge >= 0.3 is 0 Å². The lowest BCUT2D eigenvalue weighted by atomic mass is 10.1. The van der Waals surface area contributed by atoms with E-state index in [2.05, 4.69) is 16.7 Å². The highest BCUT2D eigenvalue weighted by atomic mass is 32.1. The van der Waals surface area contributed by atoms with E-state index in [0.29, 0.717) is 22.7 Å². The number of allylic oxidation sites excluding steroid dienone is 6. The molecule has 0 spiro atoms. The zero-order chi connectivity index (χ0) is 20.0. The largest absolute Gasteiger partial charge is 0.300 e. The lowest BCUT2D eigenvalue weighted by Gasteiger charge is -2.18. The fraction of sp³-hybridized carbons (Fsp3) is 0.286. The van der Waals surface area contributed by atoms with Crippen molar-refractivity contribution in [3.05, 3.63) is 63.9 Å². The number of Topliss-reactive ketones (excluding diaryl/α,β-unsaturated/α-hetero) is 2. The van der Waals surface area contributed by atoms with Crippen LogP contribution in [-0.2, 0) is 16.1 Å². The first-order valence-electron chi connectivity index (χ1n) is 8.80. The number of carbonyl (C=O) groups is 2. The molecule has 2 heterocycles. The average Bonchev–Trinajstić information content (AvgIpc) is 3.06. The number of carbonyl (C=O) groups excluding carboxylic acids is 2. The predicted octanol–water partition coefficient (Wildman–Crippen LogP) is 4.73. The van der Waals surface area contributed by atoms with Gasteiger partial charge in [-0.25, -0.2) is 4.98 Å². The number of aromatic amines is 1. The van der Waals surface area contributed by atoms with Crippen molar-refractivity contribution in [2.45, 2.75) is 40.7 Å². The van der Waals surface area contributed by atoms with E-state index >= 15 is 0 Å². The molecule has 2 rings (SSSR count). The van der Waals surface area contributed by atoms with E-state index in [1.54, 1.807) is 12.2 Å². The number of aryl methyl sites for hydroxylation is 1. The van der Waals surface area contributed by atoms with Crippen LogP contribution >= 0.6 is 11.3 Å². The topological polar surface area (TPSA) is 67.8 Å². The second kappa shape index (κ2) is 9.28. The Morgan fingerprint density at radius 1 is 1.33 bits per heavy atom. The van der Waals surface area contributed by atoms with Gasteiger partial charge in [0.2, 0.25) is 0 Å². The number of ketones is 2. The Morgan fingerprint density at radius 2 is 2.07 bits per heavy atom. The number of H-pyrrole nitrogens is 1. The molecule has 142 valence electrons. The maximum Gasteiger partial charge on any atom is 0.162 e. The number of aromatic nitrogens is 3. The van der Waals surface area contributed by atoms with Crippen LogP contribution < -0.4 is 0 Å². The number of hydrogen-bond acceptors (Lipinski definition) is 4. The molecule has 0 saturated heterocycles. The number of hydrogen-bond donors (Lipinski definition) is 1. The van der Waals surface area contributed by atoms with Crippen molar-refractivity contribution in [2.75, 3.05) is 0 Å². The van der Waals surface area contributed by atoms with Crippen LogP contribution in [-0.4, -0.2) is 26.3 Å². The van der Waals surface area contributed by atoms with Crippen LogP contribution in [0, 0.1) is 6.92 Å². The van der Waals surface area contributed by atoms with Gasteiger partial charge in [-0.1, -0.05) is 31.7 Å². The zero-order valence-corrected chi connectivity index (χ0v) is 17.0. The summed E-state index contributed by atoms with van der Waals surface area (Å²) in [5.74, 6) is -0.164. The van der Waals surface area contributed by atoms with Crippen LogP contribution in [0.25, 0.3) is 11.6 Å². The van der Waals surface area contributed by atoms with Crippen LogP contribution in [0.1, 0.15) is 49.3 Å². The minimum atomic E-state index is -0.105. The van der Waals surface area contributed by atoms with Gasteiger partial charge in [0, 0.05) is 11.0 Å². The number of rotatable bonds is 9. The van der Waals surface area contributed by atoms with Crippen molar-refractivity contribution in [2.24, 2.45) is 0 Å². The number of nitrogens with zero attached hydrogens (tertiary/aromatic N) is 2. The molecule has 5 nitrogen and oxygen atoms in total. The third-order valence-corrected chi connectivity index (χ3v) is 4.90. The first kappa shape index (κ1) is 20.6. The molecule has 0 unspecified atom stereocenters. The maximum atomic E-state index is 12.1. The maximum absolute atomic E-state index is 12.1. The smallest absolute Gasteiger partial charge is 0.162 e. The van der Waals surface area contributed by atoms with Gasteiger partial charge in [-0.3, -0.25) is 14.3 Å².